The van der Waals surface area contributed by atoms with E-state index >= 15 is 0 Å². The van der Waals surface area contributed by atoms with Crippen LogP contribution < -0.4 is 10.4 Å². The SMILES string of the molecule is CC(C)(C)c1cc(B(O)O)ccc1N1CCCC1. The minimum absolute atomic E-state index is 0.00280. The zero-order valence-corrected chi connectivity index (χ0v) is 11.5. The average molecular weight is 247 g/mol. The lowest BCUT2D eigenvalue weighted by Gasteiger charge is -2.29. The van der Waals surface area contributed by atoms with Gasteiger partial charge in [-0.2, -0.15) is 0 Å². The van der Waals surface area contributed by atoms with Gasteiger partial charge in [-0.15, -0.1) is 0 Å². The Morgan fingerprint density at radius 3 is 2.22 bits per heavy atom. The maximum absolute atomic E-state index is 9.31. The second kappa shape index (κ2) is 4.94. The average Bonchev–Trinajstić information content (AvgIpc) is 2.80. The van der Waals surface area contributed by atoms with Crippen LogP contribution in [0, 0.1) is 0 Å². The second-order valence-corrected chi connectivity index (χ2v) is 6.09. The Bertz CT molecular complexity index is 420. The topological polar surface area (TPSA) is 43.7 Å². The van der Waals surface area contributed by atoms with Gasteiger partial charge in [-0.3, -0.25) is 0 Å². The van der Waals surface area contributed by atoms with Crippen molar-refractivity contribution in [2.24, 2.45) is 0 Å². The Balaban J connectivity index is 2.45. The Morgan fingerprint density at radius 1 is 1.11 bits per heavy atom. The molecule has 0 atom stereocenters. The third kappa shape index (κ3) is 2.70. The molecule has 0 unspecified atom stereocenters. The van der Waals surface area contributed by atoms with Crippen LogP contribution >= 0.6 is 0 Å². The lowest BCUT2D eigenvalue weighted by molar-refractivity contribution is 0.425. The van der Waals surface area contributed by atoms with Gasteiger partial charge in [0.15, 0.2) is 0 Å². The van der Waals surface area contributed by atoms with Crippen molar-refractivity contribution >= 4 is 18.3 Å². The molecule has 1 saturated heterocycles. The minimum atomic E-state index is -1.39. The molecule has 2 N–H and O–H groups in total. The molecular weight excluding hydrogens is 225 g/mol. The van der Waals surface area contributed by atoms with E-state index in [0.29, 0.717) is 5.46 Å². The monoisotopic (exact) mass is 247 g/mol. The van der Waals surface area contributed by atoms with Crippen LogP contribution in [0.4, 0.5) is 5.69 Å². The van der Waals surface area contributed by atoms with E-state index in [2.05, 4.69) is 25.7 Å². The number of hydrogen-bond acceptors (Lipinski definition) is 3. The summed E-state index contributed by atoms with van der Waals surface area (Å²) in [6.07, 6.45) is 2.49. The molecule has 0 aromatic heterocycles. The zero-order valence-electron chi connectivity index (χ0n) is 11.5. The summed E-state index contributed by atoms with van der Waals surface area (Å²) in [4.78, 5) is 2.40. The van der Waals surface area contributed by atoms with Crippen LogP contribution in [0.5, 0.6) is 0 Å². The van der Waals surface area contributed by atoms with E-state index in [4.69, 9.17) is 0 Å². The predicted octanol–water partition coefficient (Wildman–Crippen LogP) is 1.26. The lowest BCUT2D eigenvalue weighted by Crippen LogP contribution is -2.33. The molecule has 1 aliphatic heterocycles. The van der Waals surface area contributed by atoms with Crippen molar-refractivity contribution in [3.05, 3.63) is 23.8 Å². The summed E-state index contributed by atoms with van der Waals surface area (Å²) in [6, 6.07) is 5.77. The molecule has 18 heavy (non-hydrogen) atoms. The highest BCUT2D eigenvalue weighted by Crippen LogP contribution is 2.33. The van der Waals surface area contributed by atoms with Gasteiger partial charge in [0.1, 0.15) is 0 Å². The van der Waals surface area contributed by atoms with Crippen LogP contribution in [0.3, 0.4) is 0 Å². The fourth-order valence-corrected chi connectivity index (χ4v) is 2.55. The first kappa shape index (κ1) is 13.4. The van der Waals surface area contributed by atoms with E-state index in [1.54, 1.807) is 0 Å². The van der Waals surface area contributed by atoms with Gasteiger partial charge >= 0.3 is 7.12 Å². The van der Waals surface area contributed by atoms with Crippen molar-refractivity contribution in [3.63, 3.8) is 0 Å². The van der Waals surface area contributed by atoms with Crippen LogP contribution in [0.1, 0.15) is 39.2 Å². The van der Waals surface area contributed by atoms with Gasteiger partial charge in [0.05, 0.1) is 0 Å². The van der Waals surface area contributed by atoms with E-state index in [-0.39, 0.29) is 5.41 Å². The third-order valence-electron chi connectivity index (χ3n) is 3.57. The number of anilines is 1. The van der Waals surface area contributed by atoms with Gasteiger partial charge in [-0.25, -0.2) is 0 Å². The number of hydrogen-bond donors (Lipinski definition) is 2. The van der Waals surface area contributed by atoms with Gasteiger partial charge in [-0.05, 0) is 35.3 Å². The van der Waals surface area contributed by atoms with E-state index in [1.807, 2.05) is 18.2 Å². The summed E-state index contributed by atoms with van der Waals surface area (Å²) in [5, 5.41) is 18.6. The molecule has 2 rings (SSSR count). The summed E-state index contributed by atoms with van der Waals surface area (Å²) >= 11 is 0. The number of nitrogens with zero attached hydrogens (tertiary/aromatic N) is 1. The molecule has 0 amide bonds. The molecule has 0 radical (unpaired) electrons. The molecule has 0 bridgehead atoms. The Labute approximate surface area is 110 Å². The van der Waals surface area contributed by atoms with Crippen molar-refractivity contribution in [3.8, 4) is 0 Å². The summed E-state index contributed by atoms with van der Waals surface area (Å²) in [7, 11) is -1.39. The first-order valence-corrected chi connectivity index (χ1v) is 6.65. The summed E-state index contributed by atoms with van der Waals surface area (Å²) in [5.74, 6) is 0. The largest absolute Gasteiger partial charge is 0.488 e. The highest BCUT2D eigenvalue weighted by molar-refractivity contribution is 6.58. The molecule has 1 heterocycles. The number of benzene rings is 1. The number of rotatable bonds is 2. The molecular formula is C14H22BNO2. The van der Waals surface area contributed by atoms with Crippen LogP contribution in [-0.4, -0.2) is 30.3 Å². The highest BCUT2D eigenvalue weighted by Gasteiger charge is 2.25. The molecule has 0 saturated carbocycles. The minimum Gasteiger partial charge on any atom is -0.423 e. The maximum atomic E-state index is 9.31. The summed E-state index contributed by atoms with van der Waals surface area (Å²) in [6.45, 7) is 8.69. The standard InChI is InChI=1S/C14H22BNO2/c1-14(2,3)12-10-11(15(17)18)6-7-13(12)16-8-4-5-9-16/h6-7,10,17-18H,4-5,8-9H2,1-3H3. The van der Waals surface area contributed by atoms with Gasteiger partial charge in [0.2, 0.25) is 0 Å². The van der Waals surface area contributed by atoms with Crippen LogP contribution in [0.15, 0.2) is 18.2 Å². The second-order valence-electron chi connectivity index (χ2n) is 6.09. The lowest BCUT2D eigenvalue weighted by atomic mass is 9.75. The van der Waals surface area contributed by atoms with Crippen molar-refractivity contribution in [2.45, 2.75) is 39.0 Å². The van der Waals surface area contributed by atoms with Gasteiger partial charge < -0.3 is 14.9 Å². The Kier molecular flexibility index (Phi) is 3.69. The third-order valence-corrected chi connectivity index (χ3v) is 3.57. The van der Waals surface area contributed by atoms with Crippen molar-refractivity contribution < 1.29 is 10.0 Å². The van der Waals surface area contributed by atoms with Gasteiger partial charge in [0.25, 0.3) is 0 Å². The highest BCUT2D eigenvalue weighted by atomic mass is 16.4. The fourth-order valence-electron chi connectivity index (χ4n) is 2.55. The Morgan fingerprint density at radius 2 is 1.72 bits per heavy atom. The first-order chi connectivity index (χ1) is 8.39. The molecule has 1 aromatic rings. The van der Waals surface area contributed by atoms with Gasteiger partial charge in [0, 0.05) is 18.8 Å². The molecule has 4 heteroatoms. The van der Waals surface area contributed by atoms with Crippen LogP contribution in [0.25, 0.3) is 0 Å². The molecule has 1 aliphatic rings. The van der Waals surface area contributed by atoms with Gasteiger partial charge in [-0.1, -0.05) is 32.9 Å². The zero-order chi connectivity index (χ0) is 13.3. The molecule has 3 nitrogen and oxygen atoms in total. The molecule has 98 valence electrons. The van der Waals surface area contributed by atoms with Crippen molar-refractivity contribution in [2.75, 3.05) is 18.0 Å². The van der Waals surface area contributed by atoms with E-state index in [0.717, 1.165) is 13.1 Å². The molecule has 0 aliphatic carbocycles. The maximum Gasteiger partial charge on any atom is 0.488 e. The van der Waals surface area contributed by atoms with Crippen LogP contribution in [0.2, 0.25) is 0 Å². The predicted molar refractivity (Wildman–Crippen MR) is 76.4 cm³/mol. The van der Waals surface area contributed by atoms with E-state index < -0.39 is 7.12 Å². The van der Waals surface area contributed by atoms with Crippen LogP contribution in [-0.2, 0) is 5.41 Å². The normalized spacial score (nSPS) is 16.2. The van der Waals surface area contributed by atoms with E-state index in [9.17, 15) is 10.0 Å². The quantitative estimate of drug-likeness (QED) is 0.773. The Hall–Kier alpha value is -0.995. The van der Waals surface area contributed by atoms with E-state index in [1.165, 1.54) is 24.1 Å². The smallest absolute Gasteiger partial charge is 0.423 e. The summed E-state index contributed by atoms with van der Waals surface area (Å²) in [5.41, 5.74) is 3.00. The molecule has 1 aromatic carbocycles. The van der Waals surface area contributed by atoms with Crippen molar-refractivity contribution in [1.29, 1.82) is 0 Å². The first-order valence-electron chi connectivity index (χ1n) is 6.65. The van der Waals surface area contributed by atoms with Crippen molar-refractivity contribution in [1.82, 2.24) is 0 Å². The molecule has 0 spiro atoms. The summed E-state index contributed by atoms with van der Waals surface area (Å²) < 4.78 is 0. The molecule has 1 fully saturated rings. The fraction of sp³-hybridized carbons (Fsp3) is 0.571.